The van der Waals surface area contributed by atoms with E-state index in [-0.39, 0.29) is 23.9 Å². The second-order valence-corrected chi connectivity index (χ2v) is 7.29. The molecule has 0 aromatic heterocycles. The molecular weight excluding hydrogens is 346 g/mol. The van der Waals surface area contributed by atoms with Crippen molar-refractivity contribution in [3.63, 3.8) is 0 Å². The molecule has 1 aliphatic carbocycles. The number of nitro groups is 1. The van der Waals surface area contributed by atoms with Crippen molar-refractivity contribution in [2.24, 2.45) is 5.92 Å². The minimum atomic E-state index is -1.53. The summed E-state index contributed by atoms with van der Waals surface area (Å²) in [6.07, 6.45) is 9.22. The van der Waals surface area contributed by atoms with Crippen LogP contribution in [0.25, 0.3) is 6.08 Å². The average molecular weight is 371 g/mol. The van der Waals surface area contributed by atoms with E-state index in [0.717, 1.165) is 11.1 Å². The lowest BCUT2D eigenvalue weighted by molar-refractivity contribution is -0.614. The fraction of sp³-hybridized carbons (Fsp3) is 0.429. The van der Waals surface area contributed by atoms with E-state index in [2.05, 4.69) is 0 Å². The second-order valence-electron chi connectivity index (χ2n) is 7.29. The van der Waals surface area contributed by atoms with Gasteiger partial charge in [-0.25, -0.2) is 0 Å². The number of nitrogens with zero attached hydrogens (tertiary/aromatic N) is 1. The Kier molecular flexibility index (Phi) is 5.89. The lowest BCUT2D eigenvalue weighted by Gasteiger charge is -2.35. The highest BCUT2D eigenvalue weighted by Gasteiger charge is 2.43. The zero-order valence-electron chi connectivity index (χ0n) is 15.7. The molecule has 6 nitrogen and oxygen atoms in total. The van der Waals surface area contributed by atoms with Gasteiger partial charge in [0.15, 0.2) is 5.79 Å². The molecule has 1 aromatic rings. The highest BCUT2D eigenvalue weighted by Crippen LogP contribution is 2.29. The lowest BCUT2D eigenvalue weighted by atomic mass is 9.98. The molecule has 1 aromatic carbocycles. The van der Waals surface area contributed by atoms with E-state index in [1.165, 1.54) is 6.08 Å². The van der Waals surface area contributed by atoms with Gasteiger partial charge in [-0.15, -0.1) is 0 Å². The third-order valence-electron chi connectivity index (χ3n) is 4.65. The lowest BCUT2D eigenvalue weighted by Crippen LogP contribution is -2.45. The maximum Gasteiger partial charge on any atom is 0.348 e. The van der Waals surface area contributed by atoms with E-state index in [4.69, 9.17) is 14.2 Å². The van der Waals surface area contributed by atoms with E-state index in [0.29, 0.717) is 13.2 Å². The first kappa shape index (κ1) is 19.5. The fourth-order valence-electron chi connectivity index (χ4n) is 2.89. The fourth-order valence-corrected chi connectivity index (χ4v) is 2.89. The van der Waals surface area contributed by atoms with E-state index in [1.807, 2.05) is 62.4 Å². The minimum Gasteiger partial charge on any atom is -0.350 e. The summed E-state index contributed by atoms with van der Waals surface area (Å²) < 4.78 is 16.9. The summed E-state index contributed by atoms with van der Waals surface area (Å²) in [5.41, 5.74) is 0.470. The third kappa shape index (κ3) is 5.13. The Morgan fingerprint density at radius 1 is 1.22 bits per heavy atom. The molecule has 1 saturated heterocycles. The van der Waals surface area contributed by atoms with Crippen LogP contribution in [-0.2, 0) is 14.2 Å². The van der Waals surface area contributed by atoms with Crippen LogP contribution in [0.2, 0.25) is 0 Å². The summed E-state index contributed by atoms with van der Waals surface area (Å²) in [6.45, 7) is 4.84. The maximum absolute atomic E-state index is 11.7. The smallest absolute Gasteiger partial charge is 0.348 e. The predicted octanol–water partition coefficient (Wildman–Crippen LogP) is 3.97. The van der Waals surface area contributed by atoms with Crippen molar-refractivity contribution in [1.82, 2.24) is 0 Å². The van der Waals surface area contributed by atoms with Crippen molar-refractivity contribution in [2.75, 3.05) is 19.8 Å². The first-order valence-corrected chi connectivity index (χ1v) is 9.07. The first-order valence-electron chi connectivity index (χ1n) is 9.07. The first-order chi connectivity index (χ1) is 12.9. The molecule has 2 aliphatic rings. The molecule has 1 aliphatic heterocycles. The van der Waals surface area contributed by atoms with Gasteiger partial charge in [0.05, 0.1) is 31.2 Å². The van der Waals surface area contributed by atoms with Gasteiger partial charge in [-0.2, -0.15) is 0 Å². The van der Waals surface area contributed by atoms with Gasteiger partial charge in [-0.3, -0.25) is 10.1 Å². The highest BCUT2D eigenvalue weighted by molar-refractivity contribution is 5.55. The molecule has 0 saturated carbocycles. The number of ether oxygens (including phenoxy) is 3. The van der Waals surface area contributed by atoms with Crippen LogP contribution < -0.4 is 0 Å². The molecule has 1 heterocycles. The Labute approximate surface area is 159 Å². The zero-order valence-corrected chi connectivity index (χ0v) is 15.7. The van der Waals surface area contributed by atoms with Gasteiger partial charge >= 0.3 is 5.72 Å². The molecule has 144 valence electrons. The van der Waals surface area contributed by atoms with Gasteiger partial charge in [-0.1, -0.05) is 48.6 Å². The van der Waals surface area contributed by atoms with E-state index in [1.54, 1.807) is 6.08 Å². The molecule has 0 N–H and O–H groups in total. The van der Waals surface area contributed by atoms with Gasteiger partial charge in [0.2, 0.25) is 0 Å². The number of rotatable bonds is 6. The van der Waals surface area contributed by atoms with Crippen molar-refractivity contribution in [3.05, 3.63) is 75.9 Å². The van der Waals surface area contributed by atoms with Crippen molar-refractivity contribution in [1.29, 1.82) is 0 Å². The topological polar surface area (TPSA) is 70.8 Å². The molecular formula is C21H25NO5. The van der Waals surface area contributed by atoms with Gasteiger partial charge in [0.25, 0.3) is 0 Å². The van der Waals surface area contributed by atoms with Crippen LogP contribution in [-0.4, -0.2) is 36.3 Å². The average Bonchev–Trinajstić information content (AvgIpc) is 2.67. The maximum atomic E-state index is 11.7. The molecule has 27 heavy (non-hydrogen) atoms. The summed E-state index contributed by atoms with van der Waals surface area (Å²) >= 11 is 0. The quantitative estimate of drug-likeness (QED) is 0.430. The van der Waals surface area contributed by atoms with Crippen LogP contribution in [0.1, 0.15) is 25.8 Å². The van der Waals surface area contributed by atoms with Crippen molar-refractivity contribution in [3.8, 4) is 0 Å². The molecule has 0 radical (unpaired) electrons. The van der Waals surface area contributed by atoms with Gasteiger partial charge in [0, 0.05) is 12.0 Å². The molecule has 3 rings (SSSR count). The van der Waals surface area contributed by atoms with Gasteiger partial charge < -0.3 is 14.2 Å². The Balaban J connectivity index is 1.59. The summed E-state index contributed by atoms with van der Waals surface area (Å²) in [5.74, 6) is -0.628. The van der Waals surface area contributed by atoms with E-state index < -0.39 is 11.5 Å². The Hall–Kier alpha value is -2.28. The Morgan fingerprint density at radius 2 is 1.93 bits per heavy atom. The second kappa shape index (κ2) is 8.17. The Bertz CT molecular complexity index is 743. The van der Waals surface area contributed by atoms with E-state index in [9.17, 15) is 10.1 Å². The normalized spacial score (nSPS) is 25.5. The van der Waals surface area contributed by atoms with Crippen LogP contribution in [0, 0.1) is 16.0 Å². The molecule has 1 unspecified atom stereocenters. The van der Waals surface area contributed by atoms with Crippen LogP contribution in [0.5, 0.6) is 0 Å². The zero-order chi connectivity index (χ0) is 19.3. The monoisotopic (exact) mass is 371 g/mol. The molecule has 1 atom stereocenters. The number of hydrogen-bond acceptors (Lipinski definition) is 5. The largest absolute Gasteiger partial charge is 0.350 e. The SMILES string of the molecule is CC1(C)OCC(COC2([N+](=O)[O-])C=CC(C=Cc3ccccc3)=CC2)CO1. The molecule has 0 amide bonds. The predicted molar refractivity (Wildman–Crippen MR) is 102 cm³/mol. The molecule has 0 bridgehead atoms. The van der Waals surface area contributed by atoms with Crippen LogP contribution in [0.15, 0.2) is 60.2 Å². The van der Waals surface area contributed by atoms with Crippen LogP contribution >= 0.6 is 0 Å². The number of allylic oxidation sites excluding steroid dienone is 3. The van der Waals surface area contributed by atoms with Gasteiger partial charge in [-0.05, 0) is 31.1 Å². The molecule has 1 fully saturated rings. The van der Waals surface area contributed by atoms with Crippen LogP contribution in [0.3, 0.4) is 0 Å². The number of benzene rings is 1. The van der Waals surface area contributed by atoms with Crippen molar-refractivity contribution in [2.45, 2.75) is 31.8 Å². The van der Waals surface area contributed by atoms with Gasteiger partial charge in [0.1, 0.15) is 0 Å². The minimum absolute atomic E-state index is 0.0217. The summed E-state index contributed by atoms with van der Waals surface area (Å²) in [4.78, 5) is 11.3. The van der Waals surface area contributed by atoms with Crippen molar-refractivity contribution >= 4 is 6.08 Å². The van der Waals surface area contributed by atoms with Crippen LogP contribution in [0.4, 0.5) is 0 Å². The highest BCUT2D eigenvalue weighted by atomic mass is 16.7. The summed E-state index contributed by atoms with van der Waals surface area (Å²) in [7, 11) is 0. The molecule has 0 spiro atoms. The Morgan fingerprint density at radius 3 is 2.52 bits per heavy atom. The third-order valence-corrected chi connectivity index (χ3v) is 4.65. The van der Waals surface area contributed by atoms with E-state index >= 15 is 0 Å². The molecule has 6 heteroatoms. The number of hydrogen-bond donors (Lipinski definition) is 0. The van der Waals surface area contributed by atoms with Crippen molar-refractivity contribution < 1.29 is 19.1 Å². The standard InChI is InChI=1S/C21H25NO5/c1-20(2)25-14-19(15-26-20)16-27-21(22(23)24)12-10-18(11-13-21)9-8-17-6-4-3-5-7-17/h3-12,19H,13-16H2,1-2H3. The summed E-state index contributed by atoms with van der Waals surface area (Å²) in [5, 5.41) is 11.7. The summed E-state index contributed by atoms with van der Waals surface area (Å²) in [6, 6.07) is 9.91.